The van der Waals surface area contributed by atoms with E-state index in [9.17, 15) is 4.39 Å². The molecule has 20 heavy (non-hydrogen) atoms. The van der Waals surface area contributed by atoms with Gasteiger partial charge in [0, 0.05) is 0 Å². The van der Waals surface area contributed by atoms with Gasteiger partial charge in [-0.3, -0.25) is 0 Å². The predicted molar refractivity (Wildman–Crippen MR) is 79.5 cm³/mol. The molecule has 0 aliphatic rings. The zero-order valence-corrected chi connectivity index (χ0v) is 11.9. The zero-order chi connectivity index (χ0) is 14.4. The minimum Gasteiger partial charge on any atom is -0.486 e. The summed E-state index contributed by atoms with van der Waals surface area (Å²) in [7, 11) is 1.94. The Labute approximate surface area is 119 Å². The van der Waals surface area contributed by atoms with E-state index in [1.807, 2.05) is 19.2 Å². The van der Waals surface area contributed by atoms with Crippen LogP contribution in [0.2, 0.25) is 0 Å². The molecular weight excluding hydrogens is 253 g/mol. The summed E-state index contributed by atoms with van der Waals surface area (Å²) in [6.07, 6.45) is 1.00. The van der Waals surface area contributed by atoms with Gasteiger partial charge >= 0.3 is 0 Å². The lowest BCUT2D eigenvalue weighted by Gasteiger charge is -2.09. The number of hydrogen-bond donors (Lipinski definition) is 1. The molecule has 0 radical (unpaired) electrons. The molecule has 2 aromatic rings. The molecule has 1 N–H and O–H groups in total. The molecule has 0 saturated heterocycles. The third-order valence-corrected chi connectivity index (χ3v) is 3.24. The minimum absolute atomic E-state index is 0.279. The fraction of sp³-hybridized carbons (Fsp3) is 0.294. The summed E-state index contributed by atoms with van der Waals surface area (Å²) < 4.78 is 19.3. The maximum atomic E-state index is 13.8. The highest BCUT2D eigenvalue weighted by molar-refractivity contribution is 5.30. The second-order valence-electron chi connectivity index (χ2n) is 4.85. The van der Waals surface area contributed by atoms with Crippen LogP contribution in [0.3, 0.4) is 0 Å². The van der Waals surface area contributed by atoms with Gasteiger partial charge in [-0.25, -0.2) is 4.39 Å². The van der Waals surface area contributed by atoms with Crippen LogP contribution in [0.4, 0.5) is 4.39 Å². The summed E-state index contributed by atoms with van der Waals surface area (Å²) in [6, 6.07) is 13.4. The van der Waals surface area contributed by atoms with Crippen molar-refractivity contribution in [1.29, 1.82) is 0 Å². The molecule has 0 spiro atoms. The highest BCUT2D eigenvalue weighted by Gasteiger charge is 2.05. The smallest absolute Gasteiger partial charge is 0.167 e. The van der Waals surface area contributed by atoms with Crippen LogP contribution in [0.1, 0.15) is 16.7 Å². The fourth-order valence-corrected chi connectivity index (χ4v) is 1.96. The summed E-state index contributed by atoms with van der Waals surface area (Å²) in [5.74, 6) is 0.0300. The number of rotatable bonds is 6. The molecule has 2 nitrogen and oxygen atoms in total. The summed E-state index contributed by atoms with van der Waals surface area (Å²) in [5, 5.41) is 3.12. The second kappa shape index (κ2) is 7.06. The third kappa shape index (κ3) is 3.81. The average molecular weight is 273 g/mol. The fourth-order valence-electron chi connectivity index (χ4n) is 1.96. The van der Waals surface area contributed by atoms with Gasteiger partial charge < -0.3 is 10.1 Å². The molecule has 2 aromatic carbocycles. The van der Waals surface area contributed by atoms with Gasteiger partial charge in [-0.2, -0.15) is 0 Å². The quantitative estimate of drug-likeness (QED) is 0.870. The predicted octanol–water partition coefficient (Wildman–Crippen LogP) is 3.48. The van der Waals surface area contributed by atoms with Gasteiger partial charge in [-0.05, 0) is 49.7 Å². The van der Waals surface area contributed by atoms with Crippen LogP contribution in [-0.2, 0) is 13.0 Å². The molecule has 0 amide bonds. The highest BCUT2D eigenvalue weighted by atomic mass is 19.1. The van der Waals surface area contributed by atoms with Crippen LogP contribution in [-0.4, -0.2) is 13.6 Å². The molecule has 0 atom stereocenters. The number of likely N-dealkylation sites (N-methyl/N-ethyl adjacent to an activating group) is 1. The summed E-state index contributed by atoms with van der Waals surface area (Å²) >= 11 is 0. The van der Waals surface area contributed by atoms with Gasteiger partial charge in [0.15, 0.2) is 11.6 Å². The lowest BCUT2D eigenvalue weighted by Crippen LogP contribution is -2.10. The molecular formula is C17H20FNO. The molecule has 3 heteroatoms. The van der Waals surface area contributed by atoms with Crippen LogP contribution in [0.5, 0.6) is 5.75 Å². The number of nitrogens with one attached hydrogen (secondary N) is 1. The van der Waals surface area contributed by atoms with E-state index in [1.165, 1.54) is 5.56 Å². The highest BCUT2D eigenvalue weighted by Crippen LogP contribution is 2.20. The molecule has 0 bridgehead atoms. The summed E-state index contributed by atoms with van der Waals surface area (Å²) in [4.78, 5) is 0. The van der Waals surface area contributed by atoms with Gasteiger partial charge in [0.25, 0.3) is 0 Å². The molecule has 0 heterocycles. The minimum atomic E-state index is -0.279. The molecule has 2 rings (SSSR count). The molecule has 106 valence electrons. The van der Waals surface area contributed by atoms with E-state index in [0.29, 0.717) is 17.9 Å². The first-order valence-electron chi connectivity index (χ1n) is 6.81. The molecule has 0 saturated carbocycles. The molecule has 0 fully saturated rings. The van der Waals surface area contributed by atoms with Crippen molar-refractivity contribution >= 4 is 0 Å². The number of halogens is 1. The Morgan fingerprint density at radius 3 is 2.45 bits per heavy atom. The first-order chi connectivity index (χ1) is 9.70. The maximum absolute atomic E-state index is 13.8. The SMILES string of the molecule is CNCCc1ccc(COc2cccc(C)c2F)cc1. The number of ether oxygens (including phenoxy) is 1. The molecule has 0 aliphatic heterocycles. The normalized spacial score (nSPS) is 10.6. The van der Waals surface area contributed by atoms with Crippen LogP contribution in [0.15, 0.2) is 42.5 Å². The summed E-state index contributed by atoms with van der Waals surface area (Å²) in [6.45, 7) is 3.08. The monoisotopic (exact) mass is 273 g/mol. The Hall–Kier alpha value is -1.87. The number of benzene rings is 2. The topological polar surface area (TPSA) is 21.3 Å². The Kier molecular flexibility index (Phi) is 5.13. The van der Waals surface area contributed by atoms with Gasteiger partial charge in [-0.15, -0.1) is 0 Å². The number of aryl methyl sites for hydroxylation is 1. The van der Waals surface area contributed by atoms with E-state index < -0.39 is 0 Å². The van der Waals surface area contributed by atoms with Gasteiger partial charge in [0.2, 0.25) is 0 Å². The Bertz CT molecular complexity index is 551. The van der Waals surface area contributed by atoms with Gasteiger partial charge in [0.05, 0.1) is 0 Å². The van der Waals surface area contributed by atoms with E-state index in [0.717, 1.165) is 18.5 Å². The Balaban J connectivity index is 1.95. The van der Waals surface area contributed by atoms with Crippen molar-refractivity contribution in [3.8, 4) is 5.75 Å². The summed E-state index contributed by atoms with van der Waals surface area (Å²) in [5.41, 5.74) is 2.92. The zero-order valence-electron chi connectivity index (χ0n) is 11.9. The average Bonchev–Trinajstić information content (AvgIpc) is 2.48. The third-order valence-electron chi connectivity index (χ3n) is 3.24. The van der Waals surface area contributed by atoms with Crippen molar-refractivity contribution in [3.05, 3.63) is 65.0 Å². The Morgan fingerprint density at radius 2 is 1.75 bits per heavy atom. The Morgan fingerprint density at radius 1 is 1.05 bits per heavy atom. The van der Waals surface area contributed by atoms with E-state index in [2.05, 4.69) is 17.4 Å². The van der Waals surface area contributed by atoms with Crippen molar-refractivity contribution in [3.63, 3.8) is 0 Å². The van der Waals surface area contributed by atoms with E-state index in [-0.39, 0.29) is 5.82 Å². The van der Waals surface area contributed by atoms with Crippen LogP contribution < -0.4 is 10.1 Å². The van der Waals surface area contributed by atoms with Crippen LogP contribution >= 0.6 is 0 Å². The van der Waals surface area contributed by atoms with Crippen LogP contribution in [0, 0.1) is 12.7 Å². The van der Waals surface area contributed by atoms with Gasteiger partial charge in [-0.1, -0.05) is 36.4 Å². The van der Waals surface area contributed by atoms with Gasteiger partial charge in [0.1, 0.15) is 6.61 Å². The lowest BCUT2D eigenvalue weighted by molar-refractivity contribution is 0.289. The van der Waals surface area contributed by atoms with Crippen molar-refractivity contribution in [2.75, 3.05) is 13.6 Å². The van der Waals surface area contributed by atoms with Crippen molar-refractivity contribution in [2.45, 2.75) is 20.0 Å². The van der Waals surface area contributed by atoms with Crippen molar-refractivity contribution in [1.82, 2.24) is 5.32 Å². The largest absolute Gasteiger partial charge is 0.486 e. The first-order valence-corrected chi connectivity index (χ1v) is 6.81. The van der Waals surface area contributed by atoms with Crippen molar-refractivity contribution in [2.24, 2.45) is 0 Å². The van der Waals surface area contributed by atoms with E-state index in [4.69, 9.17) is 4.74 Å². The lowest BCUT2D eigenvalue weighted by atomic mass is 10.1. The molecule has 0 aromatic heterocycles. The first kappa shape index (κ1) is 14.5. The van der Waals surface area contributed by atoms with Crippen LogP contribution in [0.25, 0.3) is 0 Å². The number of hydrogen-bond acceptors (Lipinski definition) is 2. The second-order valence-corrected chi connectivity index (χ2v) is 4.85. The molecule has 0 unspecified atom stereocenters. The van der Waals surface area contributed by atoms with E-state index >= 15 is 0 Å². The standard InChI is InChI=1S/C17H20FNO/c1-13-4-3-5-16(17(13)18)20-12-15-8-6-14(7-9-15)10-11-19-2/h3-9,19H,10-12H2,1-2H3. The maximum Gasteiger partial charge on any atom is 0.167 e. The molecule has 0 aliphatic carbocycles. The van der Waals surface area contributed by atoms with Crippen molar-refractivity contribution < 1.29 is 9.13 Å². The van der Waals surface area contributed by atoms with E-state index in [1.54, 1.807) is 25.1 Å².